The van der Waals surface area contributed by atoms with Crippen molar-refractivity contribution in [1.82, 2.24) is 15.5 Å². The fraction of sp³-hybridized carbons (Fsp3) is 0.318. The minimum absolute atomic E-state index is 0.0676. The standard InChI is InChI=1S/C22H26N4O3S2/c1-15(2)24-21-25-26-22(31-21)30-14-20(27)23-12-17-9-10-18(19(11-17)28-3)29-13-16-7-5-4-6-8-16/h4-11,15H,12-14H2,1-3H3,(H,23,27)(H,24,25). The number of nitrogens with zero attached hydrogens (tertiary/aromatic N) is 2. The number of nitrogens with one attached hydrogen (secondary N) is 2. The summed E-state index contributed by atoms with van der Waals surface area (Å²) in [4.78, 5) is 12.2. The van der Waals surface area contributed by atoms with Gasteiger partial charge in [-0.3, -0.25) is 4.79 Å². The number of benzene rings is 2. The number of thioether (sulfide) groups is 1. The summed E-state index contributed by atoms with van der Waals surface area (Å²) < 4.78 is 12.1. The number of carbonyl (C=O) groups excluding carboxylic acids is 1. The summed E-state index contributed by atoms with van der Waals surface area (Å²) in [5, 5.41) is 15.0. The Balaban J connectivity index is 1.47. The SMILES string of the molecule is COc1cc(CNC(=O)CSc2nnc(NC(C)C)s2)ccc1OCc1ccccc1. The lowest BCUT2D eigenvalue weighted by atomic mass is 10.2. The number of hydrogen-bond acceptors (Lipinski definition) is 8. The van der Waals surface area contributed by atoms with Gasteiger partial charge in [0.15, 0.2) is 15.8 Å². The van der Waals surface area contributed by atoms with Crippen LogP contribution in [0.4, 0.5) is 5.13 Å². The fourth-order valence-corrected chi connectivity index (χ4v) is 4.36. The van der Waals surface area contributed by atoms with E-state index in [2.05, 4.69) is 20.8 Å². The number of amides is 1. The first-order valence-corrected chi connectivity index (χ1v) is 11.7. The van der Waals surface area contributed by atoms with Gasteiger partial charge in [0, 0.05) is 12.6 Å². The predicted molar refractivity (Wildman–Crippen MR) is 125 cm³/mol. The highest BCUT2D eigenvalue weighted by Gasteiger charge is 2.10. The zero-order valence-electron chi connectivity index (χ0n) is 17.8. The van der Waals surface area contributed by atoms with Crippen LogP contribution in [0.1, 0.15) is 25.0 Å². The summed E-state index contributed by atoms with van der Waals surface area (Å²) in [6.45, 7) is 4.95. The molecule has 2 N–H and O–H groups in total. The van der Waals surface area contributed by atoms with Crippen LogP contribution >= 0.6 is 23.1 Å². The Bertz CT molecular complexity index is 980. The number of methoxy groups -OCH3 is 1. The van der Waals surface area contributed by atoms with Crippen molar-refractivity contribution in [1.29, 1.82) is 0 Å². The Kier molecular flexibility index (Phi) is 8.54. The second kappa shape index (κ2) is 11.6. The molecule has 1 amide bonds. The van der Waals surface area contributed by atoms with E-state index < -0.39 is 0 Å². The van der Waals surface area contributed by atoms with Gasteiger partial charge < -0.3 is 20.1 Å². The van der Waals surface area contributed by atoms with Crippen molar-refractivity contribution >= 4 is 34.1 Å². The van der Waals surface area contributed by atoms with E-state index in [0.29, 0.717) is 30.7 Å². The smallest absolute Gasteiger partial charge is 0.230 e. The molecule has 0 saturated carbocycles. The summed E-state index contributed by atoms with van der Waals surface area (Å²) >= 11 is 2.82. The van der Waals surface area contributed by atoms with E-state index in [-0.39, 0.29) is 11.7 Å². The lowest BCUT2D eigenvalue weighted by molar-refractivity contribution is -0.118. The quantitative estimate of drug-likeness (QED) is 0.413. The highest BCUT2D eigenvalue weighted by Crippen LogP contribution is 2.29. The number of anilines is 1. The summed E-state index contributed by atoms with van der Waals surface area (Å²) in [5.74, 6) is 1.52. The average molecular weight is 459 g/mol. The Labute approximate surface area is 190 Å². The molecule has 0 fully saturated rings. The molecule has 0 bridgehead atoms. The van der Waals surface area contributed by atoms with E-state index in [1.807, 2.05) is 62.4 Å². The molecule has 0 unspecified atom stereocenters. The van der Waals surface area contributed by atoms with E-state index in [4.69, 9.17) is 9.47 Å². The van der Waals surface area contributed by atoms with Crippen LogP contribution in [0.15, 0.2) is 52.9 Å². The van der Waals surface area contributed by atoms with Gasteiger partial charge in [0.05, 0.1) is 12.9 Å². The van der Waals surface area contributed by atoms with E-state index in [9.17, 15) is 4.79 Å². The van der Waals surface area contributed by atoms with Crippen LogP contribution in [-0.4, -0.2) is 35.0 Å². The molecule has 1 aromatic heterocycles. The Morgan fingerprint density at radius 1 is 1.10 bits per heavy atom. The minimum atomic E-state index is -0.0676. The Morgan fingerprint density at radius 2 is 1.90 bits per heavy atom. The lowest BCUT2D eigenvalue weighted by Gasteiger charge is -2.13. The van der Waals surface area contributed by atoms with Gasteiger partial charge in [0.2, 0.25) is 11.0 Å². The van der Waals surface area contributed by atoms with Crippen molar-refractivity contribution < 1.29 is 14.3 Å². The first-order valence-electron chi connectivity index (χ1n) is 9.86. The van der Waals surface area contributed by atoms with E-state index in [0.717, 1.165) is 20.6 Å². The zero-order valence-corrected chi connectivity index (χ0v) is 19.4. The van der Waals surface area contributed by atoms with Crippen molar-refractivity contribution in [2.24, 2.45) is 0 Å². The van der Waals surface area contributed by atoms with Gasteiger partial charge in [0.25, 0.3) is 0 Å². The van der Waals surface area contributed by atoms with Crippen molar-refractivity contribution in [2.75, 3.05) is 18.2 Å². The zero-order chi connectivity index (χ0) is 22.1. The van der Waals surface area contributed by atoms with Gasteiger partial charge in [-0.15, -0.1) is 10.2 Å². The third-order valence-electron chi connectivity index (χ3n) is 4.10. The van der Waals surface area contributed by atoms with Gasteiger partial charge >= 0.3 is 0 Å². The molecule has 0 spiro atoms. The molecule has 7 nitrogen and oxygen atoms in total. The highest BCUT2D eigenvalue weighted by atomic mass is 32.2. The van der Waals surface area contributed by atoms with Gasteiger partial charge in [-0.25, -0.2) is 0 Å². The lowest BCUT2D eigenvalue weighted by Crippen LogP contribution is -2.24. The summed E-state index contributed by atoms with van der Waals surface area (Å²) in [7, 11) is 1.61. The third kappa shape index (κ3) is 7.45. The van der Waals surface area contributed by atoms with Crippen LogP contribution in [0.3, 0.4) is 0 Å². The number of hydrogen-bond donors (Lipinski definition) is 2. The van der Waals surface area contributed by atoms with Crippen molar-refractivity contribution in [3.63, 3.8) is 0 Å². The maximum Gasteiger partial charge on any atom is 0.230 e. The third-order valence-corrected chi connectivity index (χ3v) is 6.09. The molecule has 0 saturated heterocycles. The normalized spacial score (nSPS) is 10.7. The second-order valence-electron chi connectivity index (χ2n) is 7.00. The maximum atomic E-state index is 12.2. The molecule has 1 heterocycles. The molecule has 0 aliphatic heterocycles. The monoisotopic (exact) mass is 458 g/mol. The van der Waals surface area contributed by atoms with E-state index in [1.54, 1.807) is 7.11 Å². The van der Waals surface area contributed by atoms with Crippen LogP contribution < -0.4 is 20.1 Å². The molecular formula is C22H26N4O3S2. The molecule has 3 aromatic rings. The molecule has 3 rings (SSSR count). The van der Waals surface area contributed by atoms with Gasteiger partial charge in [-0.1, -0.05) is 59.5 Å². The molecule has 0 aliphatic carbocycles. The van der Waals surface area contributed by atoms with Crippen LogP contribution in [0, 0.1) is 0 Å². The first kappa shape index (κ1) is 22.9. The molecule has 164 valence electrons. The van der Waals surface area contributed by atoms with Crippen molar-refractivity contribution in [2.45, 2.75) is 37.4 Å². The summed E-state index contributed by atoms with van der Waals surface area (Å²) in [5.41, 5.74) is 2.02. The number of aromatic nitrogens is 2. The largest absolute Gasteiger partial charge is 0.493 e. The van der Waals surface area contributed by atoms with Crippen LogP contribution in [0.25, 0.3) is 0 Å². The molecule has 0 radical (unpaired) electrons. The summed E-state index contributed by atoms with van der Waals surface area (Å²) in [6, 6.07) is 15.9. The average Bonchev–Trinajstić information content (AvgIpc) is 3.22. The second-order valence-corrected chi connectivity index (χ2v) is 9.20. The van der Waals surface area contributed by atoms with Gasteiger partial charge in [0.1, 0.15) is 6.61 Å². The fourth-order valence-electron chi connectivity index (χ4n) is 2.63. The Morgan fingerprint density at radius 3 is 2.65 bits per heavy atom. The minimum Gasteiger partial charge on any atom is -0.493 e. The van der Waals surface area contributed by atoms with E-state index >= 15 is 0 Å². The maximum absolute atomic E-state index is 12.2. The summed E-state index contributed by atoms with van der Waals surface area (Å²) in [6.07, 6.45) is 0. The van der Waals surface area contributed by atoms with Gasteiger partial charge in [-0.2, -0.15) is 0 Å². The molecule has 9 heteroatoms. The predicted octanol–water partition coefficient (Wildman–Crippen LogP) is 4.35. The molecule has 0 atom stereocenters. The number of rotatable bonds is 11. The van der Waals surface area contributed by atoms with Crippen LogP contribution in [0.5, 0.6) is 11.5 Å². The topological polar surface area (TPSA) is 85.4 Å². The molecule has 2 aromatic carbocycles. The first-order chi connectivity index (χ1) is 15.0. The highest BCUT2D eigenvalue weighted by molar-refractivity contribution is 8.01. The van der Waals surface area contributed by atoms with Crippen molar-refractivity contribution in [3.8, 4) is 11.5 Å². The van der Waals surface area contributed by atoms with Gasteiger partial charge in [-0.05, 0) is 37.1 Å². The van der Waals surface area contributed by atoms with E-state index in [1.165, 1.54) is 23.1 Å². The molecular weight excluding hydrogens is 432 g/mol. The van der Waals surface area contributed by atoms with Crippen LogP contribution in [-0.2, 0) is 17.9 Å². The number of carbonyl (C=O) groups is 1. The molecule has 31 heavy (non-hydrogen) atoms. The Hall–Kier alpha value is -2.78. The molecule has 0 aliphatic rings. The van der Waals surface area contributed by atoms with Crippen LogP contribution in [0.2, 0.25) is 0 Å². The van der Waals surface area contributed by atoms with Crippen molar-refractivity contribution in [3.05, 3.63) is 59.7 Å². The number of ether oxygens (including phenoxy) is 2.